The maximum Gasteiger partial charge on any atom is 0.167 e. The van der Waals surface area contributed by atoms with Crippen LogP contribution in [-0.2, 0) is 0 Å². The van der Waals surface area contributed by atoms with Gasteiger partial charge in [-0.05, 0) is 6.42 Å². The van der Waals surface area contributed by atoms with Gasteiger partial charge in [-0.25, -0.2) is 4.39 Å². The molecule has 2 aromatic rings. The van der Waals surface area contributed by atoms with Gasteiger partial charge in [0.05, 0.1) is 17.6 Å². The predicted molar refractivity (Wildman–Crippen MR) is 55.3 cm³/mol. The van der Waals surface area contributed by atoms with E-state index < -0.39 is 5.82 Å². The fourth-order valence-corrected chi connectivity index (χ4v) is 1.29. The van der Waals surface area contributed by atoms with Crippen molar-refractivity contribution < 1.29 is 9.13 Å². The second kappa shape index (κ2) is 4.21. The first kappa shape index (κ1) is 9.83. The van der Waals surface area contributed by atoms with Gasteiger partial charge in [0.25, 0.3) is 0 Å². The monoisotopic (exact) mass is 206 g/mol. The van der Waals surface area contributed by atoms with Crippen LogP contribution in [0.15, 0.2) is 24.5 Å². The molecule has 1 aromatic heterocycles. The van der Waals surface area contributed by atoms with Gasteiger partial charge in [-0.15, -0.1) is 0 Å². The van der Waals surface area contributed by atoms with E-state index in [1.54, 1.807) is 12.3 Å². The molecule has 0 saturated carbocycles. The summed E-state index contributed by atoms with van der Waals surface area (Å²) in [5.41, 5.74) is 1.18. The minimum Gasteiger partial charge on any atom is -0.490 e. The normalized spacial score (nSPS) is 10.5. The summed E-state index contributed by atoms with van der Waals surface area (Å²) >= 11 is 0. The summed E-state index contributed by atoms with van der Waals surface area (Å²) < 4.78 is 18.7. The van der Waals surface area contributed by atoms with Crippen LogP contribution in [0.5, 0.6) is 5.75 Å². The second-order valence-electron chi connectivity index (χ2n) is 3.18. The highest BCUT2D eigenvalue weighted by Gasteiger charge is 2.06. The number of fused-ring (bicyclic) bond motifs is 1. The lowest BCUT2D eigenvalue weighted by Gasteiger charge is -2.06. The molecule has 78 valence electrons. The number of hydrogen-bond acceptors (Lipinski definition) is 3. The van der Waals surface area contributed by atoms with Gasteiger partial charge >= 0.3 is 0 Å². The van der Waals surface area contributed by atoms with Gasteiger partial charge in [0.1, 0.15) is 0 Å². The maximum atomic E-state index is 13.5. The number of rotatable bonds is 3. The number of aromatic nitrogens is 2. The minimum atomic E-state index is -0.392. The fourth-order valence-electron chi connectivity index (χ4n) is 1.29. The molecule has 1 heterocycles. The zero-order valence-electron chi connectivity index (χ0n) is 8.40. The van der Waals surface area contributed by atoms with Crippen LogP contribution >= 0.6 is 0 Å². The lowest BCUT2D eigenvalue weighted by Crippen LogP contribution is -1.98. The number of halogens is 1. The highest BCUT2D eigenvalue weighted by Crippen LogP contribution is 2.22. The van der Waals surface area contributed by atoms with Crippen molar-refractivity contribution in [1.82, 2.24) is 9.97 Å². The molecule has 0 unspecified atom stereocenters. The van der Waals surface area contributed by atoms with Crippen molar-refractivity contribution in [2.24, 2.45) is 0 Å². The van der Waals surface area contributed by atoms with Crippen LogP contribution in [-0.4, -0.2) is 16.6 Å². The molecule has 2 rings (SSSR count). The molecule has 0 aliphatic carbocycles. The average molecular weight is 206 g/mol. The van der Waals surface area contributed by atoms with E-state index in [9.17, 15) is 4.39 Å². The van der Waals surface area contributed by atoms with Crippen LogP contribution in [0.3, 0.4) is 0 Å². The summed E-state index contributed by atoms with van der Waals surface area (Å²) in [7, 11) is 0. The molecule has 3 nitrogen and oxygen atoms in total. The van der Waals surface area contributed by atoms with Gasteiger partial charge in [0, 0.05) is 24.5 Å². The van der Waals surface area contributed by atoms with Crippen molar-refractivity contribution in [3.8, 4) is 5.75 Å². The smallest absolute Gasteiger partial charge is 0.167 e. The van der Waals surface area contributed by atoms with Crippen LogP contribution in [0.25, 0.3) is 11.0 Å². The largest absolute Gasteiger partial charge is 0.490 e. The molecule has 0 bridgehead atoms. The summed E-state index contributed by atoms with van der Waals surface area (Å²) in [4.78, 5) is 8.09. The Morgan fingerprint density at radius 1 is 1.20 bits per heavy atom. The van der Waals surface area contributed by atoms with Crippen LogP contribution < -0.4 is 4.74 Å². The molecule has 4 heteroatoms. The van der Waals surface area contributed by atoms with Crippen molar-refractivity contribution in [3.63, 3.8) is 0 Å². The Morgan fingerprint density at radius 2 is 1.87 bits per heavy atom. The molecule has 0 fully saturated rings. The summed E-state index contributed by atoms with van der Waals surface area (Å²) in [5.74, 6) is -0.152. The predicted octanol–water partition coefficient (Wildman–Crippen LogP) is 2.56. The van der Waals surface area contributed by atoms with E-state index in [1.165, 1.54) is 12.3 Å². The number of benzene rings is 1. The molecule has 1 aromatic carbocycles. The molecule has 0 amide bonds. The van der Waals surface area contributed by atoms with E-state index in [2.05, 4.69) is 9.97 Å². The lowest BCUT2D eigenvalue weighted by atomic mass is 10.2. The Kier molecular flexibility index (Phi) is 2.76. The first-order valence-electron chi connectivity index (χ1n) is 4.84. The molecule has 15 heavy (non-hydrogen) atoms. The van der Waals surface area contributed by atoms with E-state index in [4.69, 9.17) is 4.74 Å². The van der Waals surface area contributed by atoms with Gasteiger partial charge < -0.3 is 4.74 Å². The van der Waals surface area contributed by atoms with E-state index in [0.29, 0.717) is 17.6 Å². The van der Waals surface area contributed by atoms with Gasteiger partial charge in [-0.1, -0.05) is 6.92 Å². The quantitative estimate of drug-likeness (QED) is 0.774. The van der Waals surface area contributed by atoms with Crippen molar-refractivity contribution in [3.05, 3.63) is 30.3 Å². The van der Waals surface area contributed by atoms with E-state index in [1.807, 2.05) is 6.92 Å². The molecule has 0 aliphatic rings. The fraction of sp³-hybridized carbons (Fsp3) is 0.273. The van der Waals surface area contributed by atoms with E-state index in [-0.39, 0.29) is 5.75 Å². The van der Waals surface area contributed by atoms with Crippen molar-refractivity contribution in [1.29, 1.82) is 0 Å². The standard InChI is InChI=1S/C11H11FN2O/c1-2-5-15-11-7-10-9(6-8(11)12)13-3-4-14-10/h3-4,6-7H,2,5H2,1H3. The average Bonchev–Trinajstić information content (AvgIpc) is 2.26. The number of nitrogens with zero attached hydrogens (tertiary/aromatic N) is 2. The van der Waals surface area contributed by atoms with Crippen LogP contribution in [0, 0.1) is 5.82 Å². The van der Waals surface area contributed by atoms with Crippen molar-refractivity contribution in [2.75, 3.05) is 6.61 Å². The number of hydrogen-bond donors (Lipinski definition) is 0. The highest BCUT2D eigenvalue weighted by molar-refractivity contribution is 5.75. The van der Waals surface area contributed by atoms with E-state index in [0.717, 1.165) is 6.42 Å². The third-order valence-electron chi connectivity index (χ3n) is 1.98. The Bertz CT molecular complexity index is 473. The van der Waals surface area contributed by atoms with Crippen LogP contribution in [0.1, 0.15) is 13.3 Å². The summed E-state index contributed by atoms with van der Waals surface area (Å²) in [6.45, 7) is 2.47. The Morgan fingerprint density at radius 3 is 2.53 bits per heavy atom. The van der Waals surface area contributed by atoms with Crippen LogP contribution in [0.4, 0.5) is 4.39 Å². The molecule has 0 saturated heterocycles. The summed E-state index contributed by atoms with van der Waals surface area (Å²) in [6.07, 6.45) is 3.95. The Labute approximate surface area is 86.9 Å². The Balaban J connectivity index is 2.43. The molecule has 0 radical (unpaired) electrons. The number of ether oxygens (including phenoxy) is 1. The topological polar surface area (TPSA) is 35.0 Å². The highest BCUT2D eigenvalue weighted by atomic mass is 19.1. The molecule has 0 atom stereocenters. The third-order valence-corrected chi connectivity index (χ3v) is 1.98. The second-order valence-corrected chi connectivity index (χ2v) is 3.18. The molecule has 0 aliphatic heterocycles. The third kappa shape index (κ3) is 2.03. The molecule has 0 N–H and O–H groups in total. The summed E-state index contributed by atoms with van der Waals surface area (Å²) in [5, 5.41) is 0. The summed E-state index contributed by atoms with van der Waals surface area (Å²) in [6, 6.07) is 2.92. The zero-order valence-corrected chi connectivity index (χ0v) is 8.40. The van der Waals surface area contributed by atoms with Crippen molar-refractivity contribution in [2.45, 2.75) is 13.3 Å². The first-order valence-corrected chi connectivity index (χ1v) is 4.84. The van der Waals surface area contributed by atoms with Gasteiger partial charge in [0.15, 0.2) is 11.6 Å². The molecule has 0 spiro atoms. The van der Waals surface area contributed by atoms with Crippen LogP contribution in [0.2, 0.25) is 0 Å². The maximum absolute atomic E-state index is 13.5. The van der Waals surface area contributed by atoms with Gasteiger partial charge in [0.2, 0.25) is 0 Å². The van der Waals surface area contributed by atoms with Crippen molar-refractivity contribution >= 4 is 11.0 Å². The SMILES string of the molecule is CCCOc1cc2nccnc2cc1F. The Hall–Kier alpha value is -1.71. The first-order chi connectivity index (χ1) is 7.31. The molecular weight excluding hydrogens is 195 g/mol. The lowest BCUT2D eigenvalue weighted by molar-refractivity contribution is 0.302. The minimum absolute atomic E-state index is 0.241. The van der Waals surface area contributed by atoms with E-state index >= 15 is 0 Å². The zero-order chi connectivity index (χ0) is 10.7. The molecular formula is C11H11FN2O. The van der Waals surface area contributed by atoms with Gasteiger partial charge in [-0.2, -0.15) is 0 Å². The van der Waals surface area contributed by atoms with Gasteiger partial charge in [-0.3, -0.25) is 9.97 Å².